The molecule has 1 atom stereocenters. The third kappa shape index (κ3) is 3.41. The number of aryl methyl sites for hydroxylation is 1. The minimum absolute atomic E-state index is 0.504. The Morgan fingerprint density at radius 1 is 1.41 bits per heavy atom. The maximum absolute atomic E-state index is 4.51. The number of hydrogen-bond donors (Lipinski definition) is 1. The summed E-state index contributed by atoms with van der Waals surface area (Å²) < 4.78 is 0.866. The van der Waals surface area contributed by atoms with E-state index in [1.54, 1.807) is 0 Å². The molecular weight excluding hydrogens is 278 g/mol. The zero-order valence-electron chi connectivity index (χ0n) is 10.5. The molecule has 1 heterocycles. The molecule has 0 saturated heterocycles. The molecule has 94 valence electrons. The summed E-state index contributed by atoms with van der Waals surface area (Å²) in [7, 11) is 0. The zero-order valence-corrected chi connectivity index (χ0v) is 12.1. The number of rotatable bonds is 4. The molecule has 1 fully saturated rings. The van der Waals surface area contributed by atoms with E-state index in [2.05, 4.69) is 45.1 Å². The maximum atomic E-state index is 4.51. The second kappa shape index (κ2) is 5.80. The number of halogens is 1. The van der Waals surface area contributed by atoms with Gasteiger partial charge in [-0.3, -0.25) is 0 Å². The molecule has 1 aromatic rings. The maximum Gasteiger partial charge on any atom is 0.131 e. The van der Waals surface area contributed by atoms with Gasteiger partial charge in [0.15, 0.2) is 0 Å². The Labute approximate surface area is 112 Å². The Morgan fingerprint density at radius 3 is 2.76 bits per heavy atom. The highest BCUT2D eigenvalue weighted by Gasteiger charge is 2.21. The van der Waals surface area contributed by atoms with Crippen molar-refractivity contribution in [1.29, 1.82) is 0 Å². The van der Waals surface area contributed by atoms with E-state index in [1.165, 1.54) is 25.7 Å². The molecule has 0 radical (unpaired) electrons. The van der Waals surface area contributed by atoms with Crippen LogP contribution in [0.1, 0.15) is 45.4 Å². The van der Waals surface area contributed by atoms with Gasteiger partial charge in [-0.2, -0.15) is 0 Å². The average Bonchev–Trinajstić information content (AvgIpc) is 2.81. The van der Waals surface area contributed by atoms with Crippen LogP contribution in [0.2, 0.25) is 0 Å². The Bertz CT molecular complexity index is 375. The average molecular weight is 298 g/mol. The molecule has 4 heteroatoms. The zero-order chi connectivity index (χ0) is 12.3. The van der Waals surface area contributed by atoms with Gasteiger partial charge in [-0.25, -0.2) is 9.97 Å². The summed E-state index contributed by atoms with van der Waals surface area (Å²) in [5.74, 6) is 2.64. The van der Waals surface area contributed by atoms with Crippen molar-refractivity contribution in [2.24, 2.45) is 5.92 Å². The Morgan fingerprint density at radius 2 is 2.12 bits per heavy atom. The summed E-state index contributed by atoms with van der Waals surface area (Å²) in [5, 5.41) is 3.52. The molecule has 0 aromatic carbocycles. The van der Waals surface area contributed by atoms with Crippen LogP contribution < -0.4 is 5.32 Å². The Hall–Kier alpha value is -0.640. The van der Waals surface area contributed by atoms with Gasteiger partial charge in [0.2, 0.25) is 0 Å². The summed E-state index contributed by atoms with van der Waals surface area (Å²) in [6.07, 6.45) is 6.32. The van der Waals surface area contributed by atoms with Gasteiger partial charge < -0.3 is 5.32 Å². The second-order valence-electron chi connectivity index (χ2n) is 4.82. The quantitative estimate of drug-likeness (QED) is 0.859. The Balaban J connectivity index is 2.04. The molecule has 1 unspecified atom stereocenters. The van der Waals surface area contributed by atoms with Crippen LogP contribution in [0.3, 0.4) is 0 Å². The van der Waals surface area contributed by atoms with E-state index < -0.39 is 0 Å². The highest BCUT2D eigenvalue weighted by atomic mass is 79.9. The first-order chi connectivity index (χ1) is 8.19. The standard InChI is InChI=1S/C13H20BrN3/c1-3-12-16-11(14)8-13(17-12)15-9(2)10-6-4-5-7-10/h8-10H,3-7H2,1-2H3,(H,15,16,17). The van der Waals surface area contributed by atoms with Crippen molar-refractivity contribution in [1.82, 2.24) is 9.97 Å². The van der Waals surface area contributed by atoms with Gasteiger partial charge in [-0.05, 0) is 41.6 Å². The lowest BCUT2D eigenvalue weighted by molar-refractivity contribution is 0.481. The molecule has 1 N–H and O–H groups in total. The monoisotopic (exact) mass is 297 g/mol. The van der Waals surface area contributed by atoms with Gasteiger partial charge in [-0.15, -0.1) is 0 Å². The van der Waals surface area contributed by atoms with Crippen molar-refractivity contribution in [2.75, 3.05) is 5.32 Å². The molecule has 3 nitrogen and oxygen atoms in total. The fourth-order valence-electron chi connectivity index (χ4n) is 2.51. The minimum atomic E-state index is 0.504. The predicted octanol–water partition coefficient (Wildman–Crippen LogP) is 3.79. The molecule has 1 saturated carbocycles. The minimum Gasteiger partial charge on any atom is -0.367 e. The molecule has 2 rings (SSSR count). The lowest BCUT2D eigenvalue weighted by Gasteiger charge is -2.21. The van der Waals surface area contributed by atoms with Crippen LogP contribution in [0.25, 0.3) is 0 Å². The van der Waals surface area contributed by atoms with Gasteiger partial charge in [0.05, 0.1) is 0 Å². The van der Waals surface area contributed by atoms with Crippen molar-refractivity contribution < 1.29 is 0 Å². The molecule has 1 aromatic heterocycles. The highest BCUT2D eigenvalue weighted by molar-refractivity contribution is 9.10. The van der Waals surface area contributed by atoms with E-state index in [0.717, 1.165) is 28.6 Å². The molecule has 0 aliphatic heterocycles. The van der Waals surface area contributed by atoms with Crippen molar-refractivity contribution in [2.45, 2.75) is 52.0 Å². The van der Waals surface area contributed by atoms with E-state index in [9.17, 15) is 0 Å². The summed E-state index contributed by atoms with van der Waals surface area (Å²) in [6, 6.07) is 2.47. The van der Waals surface area contributed by atoms with Crippen molar-refractivity contribution in [3.05, 3.63) is 16.5 Å². The van der Waals surface area contributed by atoms with Crippen LogP contribution in [-0.2, 0) is 6.42 Å². The fourth-order valence-corrected chi connectivity index (χ4v) is 2.93. The number of nitrogens with zero attached hydrogens (tertiary/aromatic N) is 2. The second-order valence-corrected chi connectivity index (χ2v) is 5.64. The normalized spacial score (nSPS) is 18.3. The van der Waals surface area contributed by atoms with Gasteiger partial charge >= 0.3 is 0 Å². The van der Waals surface area contributed by atoms with E-state index in [0.29, 0.717) is 6.04 Å². The molecule has 1 aliphatic rings. The topological polar surface area (TPSA) is 37.8 Å². The third-order valence-electron chi connectivity index (χ3n) is 3.54. The van der Waals surface area contributed by atoms with Crippen LogP contribution in [0.5, 0.6) is 0 Å². The summed E-state index contributed by atoms with van der Waals surface area (Å²) in [6.45, 7) is 4.34. The van der Waals surface area contributed by atoms with E-state index in [1.807, 2.05) is 6.07 Å². The van der Waals surface area contributed by atoms with Gasteiger partial charge in [0.1, 0.15) is 16.2 Å². The van der Waals surface area contributed by atoms with Gasteiger partial charge in [0, 0.05) is 18.5 Å². The molecule has 17 heavy (non-hydrogen) atoms. The van der Waals surface area contributed by atoms with Crippen molar-refractivity contribution in [3.8, 4) is 0 Å². The van der Waals surface area contributed by atoms with E-state index in [-0.39, 0.29) is 0 Å². The fraction of sp³-hybridized carbons (Fsp3) is 0.692. The lowest BCUT2D eigenvalue weighted by Crippen LogP contribution is -2.24. The number of nitrogens with one attached hydrogen (secondary N) is 1. The van der Waals surface area contributed by atoms with Crippen molar-refractivity contribution in [3.63, 3.8) is 0 Å². The van der Waals surface area contributed by atoms with Crippen LogP contribution in [0.15, 0.2) is 10.7 Å². The summed E-state index contributed by atoms with van der Waals surface area (Å²) in [4.78, 5) is 8.83. The lowest BCUT2D eigenvalue weighted by atomic mass is 10.00. The van der Waals surface area contributed by atoms with E-state index in [4.69, 9.17) is 0 Å². The molecule has 1 aliphatic carbocycles. The molecule has 0 bridgehead atoms. The first-order valence-corrected chi connectivity index (χ1v) is 7.28. The van der Waals surface area contributed by atoms with Crippen molar-refractivity contribution >= 4 is 21.7 Å². The third-order valence-corrected chi connectivity index (χ3v) is 3.95. The van der Waals surface area contributed by atoms with Crippen LogP contribution in [0.4, 0.5) is 5.82 Å². The van der Waals surface area contributed by atoms with Crippen LogP contribution in [0, 0.1) is 5.92 Å². The number of anilines is 1. The summed E-state index contributed by atoms with van der Waals surface area (Å²) >= 11 is 3.44. The predicted molar refractivity (Wildman–Crippen MR) is 74.2 cm³/mol. The number of aromatic nitrogens is 2. The van der Waals surface area contributed by atoms with Gasteiger partial charge in [-0.1, -0.05) is 19.8 Å². The first kappa shape index (κ1) is 12.8. The SMILES string of the molecule is CCc1nc(Br)cc(NC(C)C2CCCC2)n1. The van der Waals surface area contributed by atoms with Crippen LogP contribution >= 0.6 is 15.9 Å². The molecular formula is C13H20BrN3. The smallest absolute Gasteiger partial charge is 0.131 e. The Kier molecular flexibility index (Phi) is 4.37. The highest BCUT2D eigenvalue weighted by Crippen LogP contribution is 2.29. The van der Waals surface area contributed by atoms with Crippen LogP contribution in [-0.4, -0.2) is 16.0 Å². The molecule has 0 spiro atoms. The number of hydrogen-bond acceptors (Lipinski definition) is 3. The summed E-state index contributed by atoms with van der Waals surface area (Å²) in [5.41, 5.74) is 0. The first-order valence-electron chi connectivity index (χ1n) is 6.49. The van der Waals surface area contributed by atoms with E-state index >= 15 is 0 Å². The van der Waals surface area contributed by atoms with Gasteiger partial charge in [0.25, 0.3) is 0 Å². The largest absolute Gasteiger partial charge is 0.367 e. The molecule has 0 amide bonds.